The molecular formula is C10H10N4O3. The van der Waals surface area contributed by atoms with Crippen molar-refractivity contribution in [2.75, 3.05) is 6.61 Å². The number of carbonyl (C=O) groups excluding carboxylic acids is 1. The predicted molar refractivity (Wildman–Crippen MR) is 57.9 cm³/mol. The number of nitrogens with one attached hydrogen (secondary N) is 1. The summed E-state index contributed by atoms with van der Waals surface area (Å²) in [6.45, 7) is 1.88. The van der Waals surface area contributed by atoms with Gasteiger partial charge in [-0.05, 0) is 13.0 Å². The van der Waals surface area contributed by atoms with Crippen LogP contribution in [-0.4, -0.2) is 32.3 Å². The predicted octanol–water partition coefficient (Wildman–Crippen LogP) is 0.132. The van der Waals surface area contributed by atoms with Gasteiger partial charge in [0.2, 0.25) is 0 Å². The van der Waals surface area contributed by atoms with Crippen molar-refractivity contribution in [2.24, 2.45) is 0 Å². The first kappa shape index (κ1) is 11.1. The summed E-state index contributed by atoms with van der Waals surface area (Å²) in [4.78, 5) is 31.0. The third kappa shape index (κ3) is 2.07. The van der Waals surface area contributed by atoms with Crippen LogP contribution in [0.15, 0.2) is 29.5 Å². The van der Waals surface area contributed by atoms with Gasteiger partial charge in [-0.25, -0.2) is 14.8 Å². The molecule has 0 spiro atoms. The molecule has 0 bridgehead atoms. The van der Waals surface area contributed by atoms with Crippen LogP contribution in [0, 0.1) is 0 Å². The van der Waals surface area contributed by atoms with Crippen molar-refractivity contribution < 1.29 is 9.53 Å². The lowest BCUT2D eigenvalue weighted by Gasteiger charge is -1.97. The number of ether oxygens (including phenoxy) is 1. The molecule has 88 valence electrons. The summed E-state index contributed by atoms with van der Waals surface area (Å²) in [5, 5.41) is 2.61. The van der Waals surface area contributed by atoms with Crippen LogP contribution >= 0.6 is 0 Å². The van der Waals surface area contributed by atoms with Crippen LogP contribution in [0.25, 0.3) is 5.95 Å². The van der Waals surface area contributed by atoms with E-state index >= 15 is 0 Å². The molecule has 0 saturated carbocycles. The summed E-state index contributed by atoms with van der Waals surface area (Å²) in [7, 11) is 0. The van der Waals surface area contributed by atoms with Crippen molar-refractivity contribution in [3.05, 3.63) is 40.6 Å². The molecule has 0 aromatic carbocycles. The van der Waals surface area contributed by atoms with E-state index in [4.69, 9.17) is 4.74 Å². The van der Waals surface area contributed by atoms with Crippen LogP contribution in [-0.2, 0) is 4.74 Å². The topological polar surface area (TPSA) is 89.9 Å². The minimum Gasteiger partial charge on any atom is -0.462 e. The Hall–Kier alpha value is -2.44. The van der Waals surface area contributed by atoms with Gasteiger partial charge in [0.15, 0.2) is 0 Å². The first-order valence-corrected chi connectivity index (χ1v) is 4.99. The van der Waals surface area contributed by atoms with E-state index in [0.717, 1.165) is 4.68 Å². The zero-order chi connectivity index (χ0) is 12.3. The second-order valence-electron chi connectivity index (χ2n) is 3.10. The van der Waals surface area contributed by atoms with E-state index in [1.807, 2.05) is 0 Å². The number of carbonyl (C=O) groups is 1. The Balaban J connectivity index is 2.40. The first-order valence-electron chi connectivity index (χ1n) is 4.99. The van der Waals surface area contributed by atoms with E-state index in [1.165, 1.54) is 18.6 Å². The average molecular weight is 234 g/mol. The number of H-pyrrole nitrogens is 1. The molecule has 1 N–H and O–H groups in total. The van der Waals surface area contributed by atoms with Crippen molar-refractivity contribution in [2.45, 2.75) is 6.92 Å². The van der Waals surface area contributed by atoms with Gasteiger partial charge in [-0.15, -0.1) is 0 Å². The Bertz CT molecular complexity index is 573. The molecule has 0 aliphatic carbocycles. The van der Waals surface area contributed by atoms with Gasteiger partial charge in [-0.1, -0.05) is 0 Å². The summed E-state index contributed by atoms with van der Waals surface area (Å²) >= 11 is 0. The fraction of sp³-hybridized carbons (Fsp3) is 0.200. The van der Waals surface area contributed by atoms with Crippen LogP contribution in [0.4, 0.5) is 0 Å². The highest BCUT2D eigenvalue weighted by molar-refractivity contribution is 5.88. The van der Waals surface area contributed by atoms with Crippen molar-refractivity contribution in [1.29, 1.82) is 0 Å². The van der Waals surface area contributed by atoms with E-state index in [0.29, 0.717) is 0 Å². The number of esters is 1. The standard InChI is InChI=1S/C10H10N4O3/c1-2-17-9(16)7-6-13-14(8(7)15)10-11-4-3-5-12-10/h3-6,13H,2H2,1H3. The molecule has 0 aliphatic heterocycles. The van der Waals surface area contributed by atoms with Gasteiger partial charge in [0, 0.05) is 18.6 Å². The van der Waals surface area contributed by atoms with E-state index in [1.54, 1.807) is 13.0 Å². The maximum Gasteiger partial charge on any atom is 0.345 e. The minimum atomic E-state index is -0.663. The molecule has 7 heteroatoms. The molecule has 2 aromatic heterocycles. The molecule has 0 unspecified atom stereocenters. The van der Waals surface area contributed by atoms with Crippen molar-refractivity contribution >= 4 is 5.97 Å². The zero-order valence-electron chi connectivity index (χ0n) is 9.08. The molecule has 0 saturated heterocycles. The van der Waals surface area contributed by atoms with Crippen LogP contribution in [0.2, 0.25) is 0 Å². The van der Waals surface area contributed by atoms with E-state index in [2.05, 4.69) is 15.1 Å². The molecule has 0 amide bonds. The quantitative estimate of drug-likeness (QED) is 0.762. The summed E-state index contributed by atoms with van der Waals surface area (Å²) in [5.74, 6) is -0.489. The molecule has 2 rings (SSSR count). The fourth-order valence-corrected chi connectivity index (χ4v) is 1.28. The van der Waals surface area contributed by atoms with Gasteiger partial charge >= 0.3 is 5.97 Å². The van der Waals surface area contributed by atoms with Gasteiger partial charge < -0.3 is 4.74 Å². The SMILES string of the molecule is CCOC(=O)c1c[nH]n(-c2ncccn2)c1=O. The van der Waals surface area contributed by atoms with Crippen molar-refractivity contribution in [3.63, 3.8) is 0 Å². The van der Waals surface area contributed by atoms with Gasteiger partial charge in [0.25, 0.3) is 11.5 Å². The Morgan fingerprint density at radius 3 is 2.82 bits per heavy atom. The summed E-state index contributed by atoms with van der Waals surface area (Å²) in [6.07, 6.45) is 4.27. The molecule has 0 fully saturated rings. The summed E-state index contributed by atoms with van der Waals surface area (Å²) < 4.78 is 5.82. The normalized spacial score (nSPS) is 10.2. The highest BCUT2D eigenvalue weighted by atomic mass is 16.5. The summed E-state index contributed by atoms with van der Waals surface area (Å²) in [6, 6.07) is 1.63. The second-order valence-corrected chi connectivity index (χ2v) is 3.10. The fourth-order valence-electron chi connectivity index (χ4n) is 1.28. The third-order valence-electron chi connectivity index (χ3n) is 2.02. The number of hydrogen-bond acceptors (Lipinski definition) is 5. The molecule has 2 aromatic rings. The molecule has 2 heterocycles. The lowest BCUT2D eigenvalue weighted by Crippen LogP contribution is -2.22. The van der Waals surface area contributed by atoms with Gasteiger partial charge in [0.1, 0.15) is 5.56 Å². The second kappa shape index (κ2) is 4.60. The molecule has 7 nitrogen and oxygen atoms in total. The molecule has 0 atom stereocenters. The van der Waals surface area contributed by atoms with Crippen LogP contribution in [0.5, 0.6) is 0 Å². The lowest BCUT2D eigenvalue weighted by molar-refractivity contribution is 0.0525. The summed E-state index contributed by atoms with van der Waals surface area (Å²) in [5.41, 5.74) is -0.603. The average Bonchev–Trinajstić information content (AvgIpc) is 2.72. The highest BCUT2D eigenvalue weighted by Gasteiger charge is 2.16. The maximum absolute atomic E-state index is 11.8. The third-order valence-corrected chi connectivity index (χ3v) is 2.02. The largest absolute Gasteiger partial charge is 0.462 e. The smallest absolute Gasteiger partial charge is 0.345 e. The molecule has 0 radical (unpaired) electrons. The Morgan fingerprint density at radius 1 is 1.47 bits per heavy atom. The van der Waals surface area contributed by atoms with Gasteiger partial charge in [-0.3, -0.25) is 9.89 Å². The Morgan fingerprint density at radius 2 is 2.18 bits per heavy atom. The highest BCUT2D eigenvalue weighted by Crippen LogP contribution is 1.97. The number of nitrogens with zero attached hydrogens (tertiary/aromatic N) is 3. The Labute approximate surface area is 96.1 Å². The first-order chi connectivity index (χ1) is 8.24. The lowest BCUT2D eigenvalue weighted by atomic mass is 10.4. The Kier molecular flexibility index (Phi) is 2.99. The van der Waals surface area contributed by atoms with Crippen molar-refractivity contribution in [3.8, 4) is 5.95 Å². The van der Waals surface area contributed by atoms with Crippen LogP contribution in [0.3, 0.4) is 0 Å². The van der Waals surface area contributed by atoms with Gasteiger partial charge in [-0.2, -0.15) is 4.68 Å². The van der Waals surface area contributed by atoms with Crippen molar-refractivity contribution in [1.82, 2.24) is 19.7 Å². The minimum absolute atomic E-state index is 0.0701. The van der Waals surface area contributed by atoms with E-state index in [-0.39, 0.29) is 18.1 Å². The number of rotatable bonds is 3. The monoisotopic (exact) mass is 234 g/mol. The molecular weight excluding hydrogens is 224 g/mol. The number of aromatic amines is 1. The van der Waals surface area contributed by atoms with Gasteiger partial charge in [0.05, 0.1) is 6.61 Å². The number of hydrogen-bond donors (Lipinski definition) is 1. The maximum atomic E-state index is 11.8. The number of aromatic nitrogens is 4. The molecule has 17 heavy (non-hydrogen) atoms. The van der Waals surface area contributed by atoms with Crippen LogP contribution in [0.1, 0.15) is 17.3 Å². The van der Waals surface area contributed by atoms with Crippen LogP contribution < -0.4 is 5.56 Å². The molecule has 0 aliphatic rings. The van der Waals surface area contributed by atoms with E-state index in [9.17, 15) is 9.59 Å². The van der Waals surface area contributed by atoms with E-state index < -0.39 is 11.5 Å². The zero-order valence-corrected chi connectivity index (χ0v) is 9.08.